The lowest BCUT2D eigenvalue weighted by Crippen LogP contribution is -2.40. The average molecular weight is 247 g/mol. The second kappa shape index (κ2) is 3.66. The molecule has 3 saturated carbocycles. The van der Waals surface area contributed by atoms with Crippen molar-refractivity contribution >= 4 is 0 Å². The van der Waals surface area contributed by atoms with Crippen LogP contribution in [-0.4, -0.2) is 5.54 Å². The van der Waals surface area contributed by atoms with Crippen molar-refractivity contribution in [2.45, 2.75) is 58.9 Å². The molecule has 3 rings (SSSR count). The third-order valence-corrected chi connectivity index (χ3v) is 6.57. The Hall–Kier alpha value is -0.690. The summed E-state index contributed by atoms with van der Waals surface area (Å²) >= 11 is 0. The first-order chi connectivity index (χ1) is 8.39. The molecule has 3 aliphatic carbocycles. The lowest BCUT2D eigenvalue weighted by molar-refractivity contribution is 0.109. The summed E-state index contributed by atoms with van der Waals surface area (Å²) in [5.41, 5.74) is 9.30. The highest BCUT2D eigenvalue weighted by atomic mass is 15.2. The minimum atomic E-state index is -0.110. The molecule has 0 aromatic heterocycles. The molecule has 6 atom stereocenters. The van der Waals surface area contributed by atoms with Gasteiger partial charge in [0.1, 0.15) is 0 Å². The van der Waals surface area contributed by atoms with Gasteiger partial charge in [0.15, 0.2) is 0 Å². The van der Waals surface area contributed by atoms with E-state index in [0.717, 1.165) is 30.1 Å². The van der Waals surface area contributed by atoms with Crippen LogP contribution in [0.3, 0.4) is 0 Å². The lowest BCUT2D eigenvalue weighted by Gasteiger charge is -2.42. The predicted molar refractivity (Wildman–Crippen MR) is 72.9 cm³/mol. The van der Waals surface area contributed by atoms with E-state index in [4.69, 9.17) is 5.53 Å². The molecule has 3 aliphatic rings. The number of hydrogen-bond acceptors (Lipinski definition) is 1. The SMILES string of the molecule is CC(C)[C@@H]1C[C@]2(C)C[C@H]3C[C@@H]2[C@@H]1C[C@]3(C)N=[N+]=[N-]. The number of hydrogen-bond donors (Lipinski definition) is 0. The van der Waals surface area contributed by atoms with Gasteiger partial charge < -0.3 is 0 Å². The normalized spacial score (nSPS) is 53.6. The Kier molecular flexibility index (Phi) is 2.51. The number of rotatable bonds is 2. The Morgan fingerprint density at radius 2 is 1.94 bits per heavy atom. The average Bonchev–Trinajstić information content (AvgIpc) is 2.70. The highest BCUT2D eigenvalue weighted by Crippen LogP contribution is 2.69. The van der Waals surface area contributed by atoms with Gasteiger partial charge >= 0.3 is 0 Å². The fourth-order valence-electron chi connectivity index (χ4n) is 5.67. The molecule has 0 aromatic rings. The molecule has 0 unspecified atom stereocenters. The second-order valence-electron chi connectivity index (χ2n) is 7.92. The number of fused-ring (bicyclic) bond motifs is 1. The Morgan fingerprint density at radius 3 is 2.56 bits per heavy atom. The fourth-order valence-corrected chi connectivity index (χ4v) is 5.67. The third-order valence-electron chi connectivity index (χ3n) is 6.57. The van der Waals surface area contributed by atoms with Gasteiger partial charge in [-0.15, -0.1) is 0 Å². The second-order valence-corrected chi connectivity index (χ2v) is 7.92. The maximum Gasteiger partial charge on any atom is 0.0491 e. The lowest BCUT2D eigenvalue weighted by atomic mass is 9.66. The topological polar surface area (TPSA) is 48.8 Å². The summed E-state index contributed by atoms with van der Waals surface area (Å²) in [7, 11) is 0. The Balaban J connectivity index is 1.98. The van der Waals surface area contributed by atoms with E-state index in [9.17, 15) is 0 Å². The van der Waals surface area contributed by atoms with Crippen LogP contribution in [0, 0.1) is 35.0 Å². The smallest absolute Gasteiger partial charge is 0.0491 e. The Morgan fingerprint density at radius 1 is 1.22 bits per heavy atom. The predicted octanol–water partition coefficient (Wildman–Crippen LogP) is 4.78. The number of azide groups is 1. The van der Waals surface area contributed by atoms with Crippen molar-refractivity contribution in [3.8, 4) is 0 Å². The standard InChI is InChI=1S/C15H25N3/c1-9(2)11-7-14(3)6-10-5-13(14)12(11)8-15(10,4)17-18-16/h9-13H,5-8H2,1-4H3/t10-,11+,12-,13-,14+,15+/m1/s1. The molecule has 0 aliphatic heterocycles. The van der Waals surface area contributed by atoms with E-state index >= 15 is 0 Å². The molecule has 0 amide bonds. The zero-order chi connectivity index (χ0) is 13.1. The number of nitrogens with zero attached hydrogens (tertiary/aromatic N) is 3. The highest BCUT2D eigenvalue weighted by Gasteiger charge is 2.63. The highest BCUT2D eigenvalue weighted by molar-refractivity contribution is 5.15. The van der Waals surface area contributed by atoms with E-state index < -0.39 is 0 Å². The molecule has 3 fully saturated rings. The Labute approximate surface area is 110 Å². The van der Waals surface area contributed by atoms with Gasteiger partial charge in [-0.2, -0.15) is 0 Å². The van der Waals surface area contributed by atoms with Gasteiger partial charge in [0.25, 0.3) is 0 Å². The van der Waals surface area contributed by atoms with Gasteiger partial charge in [0, 0.05) is 10.5 Å². The summed E-state index contributed by atoms with van der Waals surface area (Å²) in [5.74, 6) is 3.94. The van der Waals surface area contributed by atoms with Crippen molar-refractivity contribution in [1.29, 1.82) is 0 Å². The maximum atomic E-state index is 8.88. The van der Waals surface area contributed by atoms with Crippen LogP contribution in [0.1, 0.15) is 53.4 Å². The van der Waals surface area contributed by atoms with Crippen molar-refractivity contribution in [3.05, 3.63) is 10.4 Å². The summed E-state index contributed by atoms with van der Waals surface area (Å²) < 4.78 is 0. The largest absolute Gasteiger partial charge is 0.0873 e. The van der Waals surface area contributed by atoms with E-state index in [0.29, 0.717) is 11.3 Å². The fraction of sp³-hybridized carbons (Fsp3) is 1.00. The van der Waals surface area contributed by atoms with Crippen molar-refractivity contribution in [1.82, 2.24) is 0 Å². The summed E-state index contributed by atoms with van der Waals surface area (Å²) in [6.07, 6.45) is 5.13. The minimum Gasteiger partial charge on any atom is -0.0873 e. The minimum absolute atomic E-state index is 0.110. The van der Waals surface area contributed by atoms with Crippen LogP contribution in [0.25, 0.3) is 10.4 Å². The molecule has 100 valence electrons. The van der Waals surface area contributed by atoms with Crippen LogP contribution in [0.4, 0.5) is 0 Å². The molecule has 2 bridgehead atoms. The quantitative estimate of drug-likeness (QED) is 0.383. The first-order valence-corrected chi connectivity index (χ1v) is 7.46. The monoisotopic (exact) mass is 247 g/mol. The van der Waals surface area contributed by atoms with Gasteiger partial charge in [-0.3, -0.25) is 0 Å². The first-order valence-electron chi connectivity index (χ1n) is 7.46. The summed E-state index contributed by atoms with van der Waals surface area (Å²) in [4.78, 5) is 3.15. The molecule has 3 nitrogen and oxygen atoms in total. The zero-order valence-electron chi connectivity index (χ0n) is 12.1. The van der Waals surface area contributed by atoms with Crippen LogP contribution in [0.5, 0.6) is 0 Å². The molecule has 0 aromatic carbocycles. The van der Waals surface area contributed by atoms with Gasteiger partial charge in [0.2, 0.25) is 0 Å². The van der Waals surface area contributed by atoms with Gasteiger partial charge in [-0.25, -0.2) is 0 Å². The van der Waals surface area contributed by atoms with E-state index in [-0.39, 0.29) is 5.54 Å². The Bertz CT molecular complexity index is 412. The van der Waals surface area contributed by atoms with Gasteiger partial charge in [-0.05, 0) is 66.2 Å². The van der Waals surface area contributed by atoms with Crippen molar-refractivity contribution in [2.75, 3.05) is 0 Å². The summed E-state index contributed by atoms with van der Waals surface area (Å²) in [6.45, 7) is 9.43. The van der Waals surface area contributed by atoms with Crippen molar-refractivity contribution < 1.29 is 0 Å². The van der Waals surface area contributed by atoms with E-state index in [1.807, 2.05) is 0 Å². The van der Waals surface area contributed by atoms with Crippen LogP contribution in [-0.2, 0) is 0 Å². The molecule has 0 radical (unpaired) electrons. The van der Waals surface area contributed by atoms with Crippen LogP contribution < -0.4 is 0 Å². The molecule has 0 saturated heterocycles. The van der Waals surface area contributed by atoms with E-state index in [2.05, 4.69) is 37.7 Å². The summed E-state index contributed by atoms with van der Waals surface area (Å²) in [6, 6.07) is 0. The van der Waals surface area contributed by atoms with E-state index in [1.165, 1.54) is 19.3 Å². The third kappa shape index (κ3) is 1.46. The van der Waals surface area contributed by atoms with Crippen LogP contribution in [0.2, 0.25) is 0 Å². The van der Waals surface area contributed by atoms with Crippen LogP contribution in [0.15, 0.2) is 5.11 Å². The molecule has 18 heavy (non-hydrogen) atoms. The molecular weight excluding hydrogens is 222 g/mol. The van der Waals surface area contributed by atoms with Gasteiger partial charge in [0.05, 0.1) is 0 Å². The summed E-state index contributed by atoms with van der Waals surface area (Å²) in [5, 5.41) is 4.22. The van der Waals surface area contributed by atoms with Gasteiger partial charge in [-0.1, -0.05) is 32.8 Å². The molecule has 3 heteroatoms. The maximum absolute atomic E-state index is 8.88. The van der Waals surface area contributed by atoms with E-state index in [1.54, 1.807) is 0 Å². The zero-order valence-corrected chi connectivity index (χ0v) is 12.1. The molecular formula is C15H25N3. The van der Waals surface area contributed by atoms with Crippen molar-refractivity contribution in [2.24, 2.45) is 40.1 Å². The first kappa shape index (κ1) is 12.3. The molecule has 0 heterocycles. The van der Waals surface area contributed by atoms with Crippen molar-refractivity contribution in [3.63, 3.8) is 0 Å². The molecule has 0 N–H and O–H groups in total. The van der Waals surface area contributed by atoms with Crippen LogP contribution >= 0.6 is 0 Å². The molecule has 0 spiro atoms.